The van der Waals surface area contributed by atoms with Crippen molar-refractivity contribution in [2.24, 2.45) is 5.73 Å². The van der Waals surface area contributed by atoms with Crippen molar-refractivity contribution in [1.29, 1.82) is 0 Å². The van der Waals surface area contributed by atoms with Gasteiger partial charge in [-0.2, -0.15) is 0 Å². The summed E-state index contributed by atoms with van der Waals surface area (Å²) in [4.78, 5) is 13.3. The maximum Gasteiger partial charge on any atom is 0.312 e. The Morgan fingerprint density at radius 3 is 2.78 bits per heavy atom. The van der Waals surface area contributed by atoms with Crippen LogP contribution in [0.15, 0.2) is 24.3 Å². The first-order chi connectivity index (χ1) is 8.72. The zero-order valence-electron chi connectivity index (χ0n) is 10.2. The van der Waals surface area contributed by atoms with Gasteiger partial charge in [0, 0.05) is 25.3 Å². The van der Waals surface area contributed by atoms with E-state index in [0.717, 1.165) is 24.3 Å². The predicted molar refractivity (Wildman–Crippen MR) is 68.9 cm³/mol. The van der Waals surface area contributed by atoms with Gasteiger partial charge in [-0.25, -0.2) is 0 Å². The van der Waals surface area contributed by atoms with E-state index in [4.69, 9.17) is 15.6 Å². The van der Waals surface area contributed by atoms with Crippen molar-refractivity contribution in [3.05, 3.63) is 29.8 Å². The molecule has 1 aromatic carbocycles. The van der Waals surface area contributed by atoms with Crippen LogP contribution in [0.3, 0.4) is 0 Å². The van der Waals surface area contributed by atoms with Crippen molar-refractivity contribution in [2.75, 3.05) is 37.7 Å². The Morgan fingerprint density at radius 2 is 2.17 bits per heavy atom. The first-order valence-corrected chi connectivity index (χ1v) is 6.08. The Labute approximate surface area is 106 Å². The van der Waals surface area contributed by atoms with Gasteiger partial charge in [0.1, 0.15) is 0 Å². The van der Waals surface area contributed by atoms with Crippen molar-refractivity contribution >= 4 is 11.7 Å². The molecule has 0 aliphatic carbocycles. The first-order valence-electron chi connectivity index (χ1n) is 6.08. The maximum absolute atomic E-state index is 11.1. The number of hydrogen-bond acceptors (Lipinski definition) is 4. The number of benzene rings is 1. The minimum Gasteiger partial charge on any atom is -0.481 e. The molecule has 18 heavy (non-hydrogen) atoms. The van der Waals surface area contributed by atoms with E-state index in [0.29, 0.717) is 13.2 Å². The number of ether oxygens (including phenoxy) is 1. The Bertz CT molecular complexity index is 416. The lowest BCUT2D eigenvalue weighted by Crippen LogP contribution is -2.36. The quantitative estimate of drug-likeness (QED) is 0.820. The van der Waals surface area contributed by atoms with Gasteiger partial charge in [-0.05, 0) is 17.7 Å². The van der Waals surface area contributed by atoms with Crippen molar-refractivity contribution in [3.8, 4) is 0 Å². The van der Waals surface area contributed by atoms with Crippen molar-refractivity contribution in [3.63, 3.8) is 0 Å². The number of nitrogens with zero attached hydrogens (tertiary/aromatic N) is 1. The van der Waals surface area contributed by atoms with Gasteiger partial charge in [0.25, 0.3) is 0 Å². The molecule has 5 heteroatoms. The number of carboxylic acid groups (broad SMARTS) is 1. The van der Waals surface area contributed by atoms with Crippen LogP contribution < -0.4 is 10.6 Å². The first kappa shape index (κ1) is 12.9. The smallest absolute Gasteiger partial charge is 0.312 e. The lowest BCUT2D eigenvalue weighted by Gasteiger charge is -2.29. The molecule has 1 unspecified atom stereocenters. The molecule has 0 bridgehead atoms. The number of carboxylic acids is 1. The van der Waals surface area contributed by atoms with E-state index in [2.05, 4.69) is 4.90 Å². The molecule has 1 aromatic rings. The second kappa shape index (κ2) is 5.84. The molecular formula is C13H18N2O3. The van der Waals surface area contributed by atoms with E-state index in [9.17, 15) is 4.79 Å². The van der Waals surface area contributed by atoms with Crippen molar-refractivity contribution in [1.82, 2.24) is 0 Å². The fourth-order valence-electron chi connectivity index (χ4n) is 2.14. The molecule has 0 aromatic heterocycles. The minimum absolute atomic E-state index is 0.113. The molecule has 5 nitrogen and oxygen atoms in total. The van der Waals surface area contributed by atoms with E-state index in [1.54, 1.807) is 0 Å². The molecule has 0 amide bonds. The molecule has 1 aliphatic rings. The van der Waals surface area contributed by atoms with Gasteiger partial charge in [0.2, 0.25) is 0 Å². The zero-order chi connectivity index (χ0) is 13.0. The summed E-state index contributed by atoms with van der Waals surface area (Å²) in [5.41, 5.74) is 7.32. The van der Waals surface area contributed by atoms with Crippen molar-refractivity contribution < 1.29 is 14.6 Å². The van der Waals surface area contributed by atoms with Crippen LogP contribution >= 0.6 is 0 Å². The molecule has 98 valence electrons. The van der Waals surface area contributed by atoms with Gasteiger partial charge in [-0.15, -0.1) is 0 Å². The Morgan fingerprint density at radius 1 is 1.44 bits per heavy atom. The van der Waals surface area contributed by atoms with E-state index >= 15 is 0 Å². The number of morpholine rings is 1. The topological polar surface area (TPSA) is 75.8 Å². The molecule has 2 rings (SSSR count). The number of carbonyl (C=O) groups is 1. The molecular weight excluding hydrogens is 232 g/mol. The summed E-state index contributed by atoms with van der Waals surface area (Å²) in [6.45, 7) is 3.21. The summed E-state index contributed by atoms with van der Waals surface area (Å²) in [5, 5.41) is 9.11. The van der Waals surface area contributed by atoms with E-state index < -0.39 is 11.9 Å². The normalized spacial score (nSPS) is 17.5. The highest BCUT2D eigenvalue weighted by atomic mass is 16.5. The molecule has 1 fully saturated rings. The summed E-state index contributed by atoms with van der Waals surface area (Å²) < 4.78 is 5.30. The van der Waals surface area contributed by atoms with Crippen LogP contribution in [0.1, 0.15) is 11.5 Å². The van der Waals surface area contributed by atoms with Crippen LogP contribution in [0.2, 0.25) is 0 Å². The van der Waals surface area contributed by atoms with Crippen molar-refractivity contribution in [2.45, 2.75) is 5.92 Å². The third-order valence-corrected chi connectivity index (χ3v) is 3.18. The van der Waals surface area contributed by atoms with Gasteiger partial charge < -0.3 is 20.5 Å². The van der Waals surface area contributed by atoms with Crippen LogP contribution in [-0.2, 0) is 9.53 Å². The fourth-order valence-corrected chi connectivity index (χ4v) is 2.14. The average Bonchev–Trinajstić information content (AvgIpc) is 2.40. The highest BCUT2D eigenvalue weighted by molar-refractivity contribution is 5.77. The summed E-state index contributed by atoms with van der Waals surface area (Å²) in [6.07, 6.45) is 0. The molecule has 3 N–H and O–H groups in total. The number of aliphatic carboxylic acids is 1. The van der Waals surface area contributed by atoms with Crippen LogP contribution in [0.4, 0.5) is 5.69 Å². The highest BCUT2D eigenvalue weighted by Crippen LogP contribution is 2.22. The standard InChI is InChI=1S/C13H18N2O3/c14-9-12(13(16)17)10-2-1-3-11(8-10)15-4-6-18-7-5-15/h1-3,8,12H,4-7,9,14H2,(H,16,17). The number of hydrogen-bond donors (Lipinski definition) is 2. The zero-order valence-corrected chi connectivity index (χ0v) is 10.2. The van der Waals surface area contributed by atoms with Crippen LogP contribution in [0.5, 0.6) is 0 Å². The largest absolute Gasteiger partial charge is 0.481 e. The number of nitrogens with two attached hydrogens (primary N) is 1. The lowest BCUT2D eigenvalue weighted by atomic mass is 9.98. The monoisotopic (exact) mass is 250 g/mol. The lowest BCUT2D eigenvalue weighted by molar-refractivity contribution is -0.138. The molecule has 0 spiro atoms. The number of anilines is 1. The third kappa shape index (κ3) is 2.80. The minimum atomic E-state index is -0.878. The number of rotatable bonds is 4. The molecule has 0 radical (unpaired) electrons. The van der Waals surface area contributed by atoms with Crippen LogP contribution in [-0.4, -0.2) is 43.9 Å². The van der Waals surface area contributed by atoms with Gasteiger partial charge in [-0.1, -0.05) is 12.1 Å². The summed E-state index contributed by atoms with van der Waals surface area (Å²) >= 11 is 0. The van der Waals surface area contributed by atoms with Gasteiger partial charge in [0.15, 0.2) is 0 Å². The Hall–Kier alpha value is -1.59. The Kier molecular flexibility index (Phi) is 4.17. The predicted octanol–water partition coefficient (Wildman–Crippen LogP) is 0.650. The molecule has 1 saturated heterocycles. The molecule has 1 atom stereocenters. The average molecular weight is 250 g/mol. The summed E-state index contributed by atoms with van der Waals surface area (Å²) in [6, 6.07) is 7.60. The van der Waals surface area contributed by atoms with E-state index in [1.165, 1.54) is 0 Å². The van der Waals surface area contributed by atoms with E-state index in [1.807, 2.05) is 24.3 Å². The summed E-state index contributed by atoms with van der Waals surface area (Å²) in [7, 11) is 0. The second-order valence-electron chi connectivity index (χ2n) is 4.32. The molecule has 1 heterocycles. The van der Waals surface area contributed by atoms with Gasteiger partial charge >= 0.3 is 5.97 Å². The van der Waals surface area contributed by atoms with E-state index in [-0.39, 0.29) is 6.54 Å². The Balaban J connectivity index is 2.20. The maximum atomic E-state index is 11.1. The second-order valence-corrected chi connectivity index (χ2v) is 4.32. The molecule has 1 aliphatic heterocycles. The van der Waals surface area contributed by atoms with Crippen LogP contribution in [0, 0.1) is 0 Å². The third-order valence-electron chi connectivity index (χ3n) is 3.18. The summed E-state index contributed by atoms with van der Waals surface area (Å²) in [5.74, 6) is -1.51. The molecule has 0 saturated carbocycles. The van der Waals surface area contributed by atoms with Gasteiger partial charge in [0.05, 0.1) is 19.1 Å². The van der Waals surface area contributed by atoms with Gasteiger partial charge in [-0.3, -0.25) is 4.79 Å². The SMILES string of the molecule is NCC(C(=O)O)c1cccc(N2CCOCC2)c1. The fraction of sp³-hybridized carbons (Fsp3) is 0.462. The highest BCUT2D eigenvalue weighted by Gasteiger charge is 2.19. The van der Waals surface area contributed by atoms with Crippen LogP contribution in [0.25, 0.3) is 0 Å².